The van der Waals surface area contributed by atoms with Gasteiger partial charge in [-0.3, -0.25) is 5.10 Å². The van der Waals surface area contributed by atoms with Crippen molar-refractivity contribution in [1.29, 1.82) is 0 Å². The molecule has 0 bridgehead atoms. The van der Waals surface area contributed by atoms with E-state index in [1.807, 2.05) is 0 Å². The fourth-order valence-electron chi connectivity index (χ4n) is 0.216. The Labute approximate surface area is 93.7 Å². The van der Waals surface area contributed by atoms with Gasteiger partial charge in [0.2, 0.25) is 0 Å². The van der Waals surface area contributed by atoms with E-state index in [0.717, 1.165) is 0 Å². The Bertz CT molecular complexity index is 205. The van der Waals surface area contributed by atoms with Crippen molar-refractivity contribution in [3.05, 3.63) is 11.4 Å². The monoisotopic (exact) mass is 253 g/mol. The average Bonchev–Trinajstić information content (AvgIpc) is 1.87. The van der Waals surface area contributed by atoms with Crippen molar-refractivity contribution < 1.29 is 32.7 Å². The van der Waals surface area contributed by atoms with Crippen LogP contribution in [0.1, 0.15) is 0 Å². The van der Waals surface area contributed by atoms with Gasteiger partial charge >= 0.3 is 0 Å². The molecule has 0 aromatic carbocycles. The zero-order valence-corrected chi connectivity index (χ0v) is 10.0. The Balaban J connectivity index is 0. The molecule has 0 atom stereocenters. The molecule has 1 aromatic heterocycles. The van der Waals surface area contributed by atoms with Crippen LogP contribution >= 0.6 is 23.6 Å². The van der Waals surface area contributed by atoms with Gasteiger partial charge in [-0.15, -0.1) is 0 Å². The van der Waals surface area contributed by atoms with Crippen LogP contribution in [-0.4, -0.2) is 10.2 Å². The molecule has 1 heterocycles. The minimum atomic E-state index is 0. The Morgan fingerprint density at radius 3 is 2.33 bits per heavy atom. The summed E-state index contributed by atoms with van der Waals surface area (Å²) in [4.78, 5) is 0. The zero-order chi connectivity index (χ0) is 5.28. The van der Waals surface area contributed by atoms with Crippen molar-refractivity contribution in [1.82, 2.24) is 10.2 Å². The second-order valence-electron chi connectivity index (χ2n) is 0.879. The average molecular weight is 253 g/mol. The van der Waals surface area contributed by atoms with Gasteiger partial charge in [0.15, 0.2) is 0 Å². The number of hydrogen-bond donors (Lipinski definition) is 1. The van der Waals surface area contributed by atoms with Crippen molar-refractivity contribution in [3.8, 4) is 0 Å². The molecule has 9 heavy (non-hydrogen) atoms. The van der Waals surface area contributed by atoms with E-state index in [4.69, 9.17) is 0 Å². The van der Waals surface area contributed by atoms with E-state index in [1.165, 1.54) is 11.3 Å². The van der Waals surface area contributed by atoms with Crippen molar-refractivity contribution in [2.45, 2.75) is 4.34 Å². The second-order valence-corrected chi connectivity index (χ2v) is 3.19. The third-order valence-electron chi connectivity index (χ3n) is 0.418. The Hall–Kier alpha value is 0.974. The van der Waals surface area contributed by atoms with Crippen molar-refractivity contribution in [2.24, 2.45) is 0 Å². The van der Waals surface area contributed by atoms with Crippen molar-refractivity contribution >= 4 is 36.2 Å². The molecule has 1 rings (SSSR count). The first-order valence-corrected chi connectivity index (χ1v) is 3.15. The van der Waals surface area contributed by atoms with Gasteiger partial charge in [0.25, 0.3) is 0 Å². The molecule has 0 amide bonds. The van der Waals surface area contributed by atoms with Gasteiger partial charge in [-0.25, -0.2) is 0 Å². The number of hydrogen-bond acceptors (Lipinski definition) is 4. The van der Waals surface area contributed by atoms with E-state index >= 15 is 0 Å². The number of aromatic nitrogens is 2. The number of nitrogens with zero attached hydrogens (tertiary/aromatic N) is 1. The van der Waals surface area contributed by atoms with Crippen LogP contribution in [0.5, 0.6) is 0 Å². The smallest absolute Gasteiger partial charge is 0.0812 e. The SMILES string of the molecule is S=c1[nH]nc([S-])s1.[CH3+].[Y]. The molecule has 0 aliphatic rings. The summed E-state index contributed by atoms with van der Waals surface area (Å²) in [6.07, 6.45) is 0. The minimum Gasteiger partial charge on any atom is -0.406 e. The van der Waals surface area contributed by atoms with Crippen molar-refractivity contribution in [3.63, 3.8) is 0 Å². The Morgan fingerprint density at radius 1 is 1.67 bits per heavy atom. The van der Waals surface area contributed by atoms with Gasteiger partial charge < -0.3 is 24.0 Å². The van der Waals surface area contributed by atoms with E-state index in [1.54, 1.807) is 0 Å². The van der Waals surface area contributed by atoms with Gasteiger partial charge in [0, 0.05) is 40.1 Å². The van der Waals surface area contributed by atoms with Crippen LogP contribution in [0.4, 0.5) is 0 Å². The molecule has 1 radical (unpaired) electrons. The second kappa shape index (κ2) is 5.74. The molecule has 0 aliphatic heterocycles. The summed E-state index contributed by atoms with van der Waals surface area (Å²) in [5, 5.41) is 6.17. The van der Waals surface area contributed by atoms with E-state index in [-0.39, 0.29) is 40.1 Å². The van der Waals surface area contributed by atoms with Gasteiger partial charge in [-0.05, 0) is 4.34 Å². The maximum absolute atomic E-state index is 4.67. The van der Waals surface area contributed by atoms with Crippen molar-refractivity contribution in [2.75, 3.05) is 0 Å². The number of nitrogens with one attached hydrogen (secondary N) is 1. The predicted octanol–water partition coefficient (Wildman–Crippen LogP) is 1.55. The third kappa shape index (κ3) is 4.39. The first-order valence-electron chi connectivity index (χ1n) is 1.51. The van der Waals surface area contributed by atoms with Gasteiger partial charge in [0.1, 0.15) is 0 Å². The quantitative estimate of drug-likeness (QED) is 0.432. The maximum Gasteiger partial charge on any atom is 0.0812 e. The Kier molecular flexibility index (Phi) is 8.05. The first kappa shape index (κ1) is 12.6. The normalized spacial score (nSPS) is 7.11. The molecule has 0 fully saturated rings. The molecule has 2 nitrogen and oxygen atoms in total. The molecule has 0 saturated heterocycles. The summed E-state index contributed by atoms with van der Waals surface area (Å²) in [6.45, 7) is 0. The van der Waals surface area contributed by atoms with Gasteiger partial charge in [-0.2, -0.15) is 5.10 Å². The fourth-order valence-corrected chi connectivity index (χ4v) is 1.29. The fraction of sp³-hybridized carbons (Fsp3) is 0. The molecule has 1 N–H and O–H groups in total. The van der Waals surface area contributed by atoms with Crippen LogP contribution in [0.25, 0.3) is 0 Å². The first-order chi connectivity index (χ1) is 3.29. The summed E-state index contributed by atoms with van der Waals surface area (Å²) < 4.78 is 1.22. The van der Waals surface area contributed by atoms with Crippen LogP contribution in [0, 0.1) is 11.4 Å². The topological polar surface area (TPSA) is 28.7 Å². The third-order valence-corrected chi connectivity index (χ3v) is 1.64. The largest absolute Gasteiger partial charge is 0.406 e. The van der Waals surface area contributed by atoms with Crippen LogP contribution in [0.3, 0.4) is 0 Å². The molecular weight excluding hydrogens is 249 g/mol. The molecule has 6 heteroatoms. The molecule has 47 valence electrons. The molecular formula is C3H4N2S3Y. The zero-order valence-electron chi connectivity index (χ0n) is 4.75. The molecule has 0 aliphatic carbocycles. The number of rotatable bonds is 0. The minimum absolute atomic E-state index is 0. The van der Waals surface area contributed by atoms with E-state index < -0.39 is 0 Å². The van der Waals surface area contributed by atoms with Crippen LogP contribution < -0.4 is 0 Å². The van der Waals surface area contributed by atoms with E-state index in [2.05, 4.69) is 35.0 Å². The van der Waals surface area contributed by atoms with Gasteiger partial charge in [0.05, 0.1) is 3.95 Å². The molecule has 0 saturated carbocycles. The van der Waals surface area contributed by atoms with Crippen LogP contribution in [0.15, 0.2) is 4.34 Å². The standard InChI is InChI=1S/C2H2N2S3.CH3.Y/c5-1-3-4-2(6)7-1;;/h(H,3,5)(H,4,6);1H3;/q;+1;/p-1. The summed E-state index contributed by atoms with van der Waals surface area (Å²) in [5.41, 5.74) is 0. The summed E-state index contributed by atoms with van der Waals surface area (Å²) in [6, 6.07) is 0. The number of aromatic amines is 1. The van der Waals surface area contributed by atoms with E-state index in [0.29, 0.717) is 8.29 Å². The van der Waals surface area contributed by atoms with Crippen LogP contribution in [0.2, 0.25) is 0 Å². The predicted molar refractivity (Wildman–Crippen MR) is 39.3 cm³/mol. The molecule has 1 aromatic rings. The molecule has 0 spiro atoms. The summed E-state index contributed by atoms with van der Waals surface area (Å²) in [7, 11) is 0. The van der Waals surface area contributed by atoms with Gasteiger partial charge in [-0.1, -0.05) is 12.2 Å². The summed E-state index contributed by atoms with van der Waals surface area (Å²) in [5.74, 6) is 0. The maximum atomic E-state index is 4.67. The number of H-pyrrole nitrogens is 1. The summed E-state index contributed by atoms with van der Waals surface area (Å²) >= 11 is 10.6. The Morgan fingerprint density at radius 2 is 2.22 bits per heavy atom. The molecule has 0 unspecified atom stereocenters. The van der Waals surface area contributed by atoms with Crippen LogP contribution in [-0.2, 0) is 45.3 Å². The van der Waals surface area contributed by atoms with E-state index in [9.17, 15) is 0 Å².